The van der Waals surface area contributed by atoms with Crippen LogP contribution in [0.25, 0.3) is 0 Å². The van der Waals surface area contributed by atoms with E-state index in [-0.39, 0.29) is 11.9 Å². The summed E-state index contributed by atoms with van der Waals surface area (Å²) in [6, 6.07) is 4.97. The van der Waals surface area contributed by atoms with Gasteiger partial charge in [-0.15, -0.1) is 0 Å². The van der Waals surface area contributed by atoms with Crippen molar-refractivity contribution in [2.75, 3.05) is 56.3 Å². The van der Waals surface area contributed by atoms with Gasteiger partial charge in [-0.3, -0.25) is 0 Å². The van der Waals surface area contributed by atoms with Crippen LogP contribution in [0.15, 0.2) is 18.2 Å². The zero-order valence-corrected chi connectivity index (χ0v) is 18.3. The van der Waals surface area contributed by atoms with Gasteiger partial charge in [0.1, 0.15) is 0 Å². The molecule has 30 heavy (non-hydrogen) atoms. The monoisotopic (exact) mass is 438 g/mol. The summed E-state index contributed by atoms with van der Waals surface area (Å²) in [5.41, 5.74) is 1.85. The molecule has 2 N–H and O–H groups in total. The largest absolute Gasteiger partial charge is 0.465 e. The van der Waals surface area contributed by atoms with Crippen LogP contribution in [0, 0.1) is 5.92 Å². The van der Waals surface area contributed by atoms with E-state index in [4.69, 9.17) is 4.74 Å². The maximum Gasteiger partial charge on any atom is 0.337 e. The van der Waals surface area contributed by atoms with Gasteiger partial charge in [0.15, 0.2) is 0 Å². The van der Waals surface area contributed by atoms with Gasteiger partial charge in [-0.05, 0) is 49.8 Å². The van der Waals surface area contributed by atoms with Crippen LogP contribution in [0.1, 0.15) is 36.0 Å². The number of sulfonamides is 1. The number of piperidine rings is 1. The van der Waals surface area contributed by atoms with Crippen molar-refractivity contribution in [3.8, 4) is 0 Å². The van der Waals surface area contributed by atoms with E-state index in [9.17, 15) is 18.0 Å². The fourth-order valence-electron chi connectivity index (χ4n) is 3.99. The molecule has 0 spiro atoms. The molecule has 0 bridgehead atoms. The smallest absolute Gasteiger partial charge is 0.337 e. The summed E-state index contributed by atoms with van der Waals surface area (Å²) < 4.78 is 30.1. The number of nitrogens with zero attached hydrogens (tertiary/aromatic N) is 2. The van der Waals surface area contributed by atoms with Gasteiger partial charge in [0.05, 0.1) is 30.3 Å². The highest BCUT2D eigenvalue weighted by Gasteiger charge is 2.26. The number of carbonyl (C=O) groups excluding carboxylic acids is 2. The summed E-state index contributed by atoms with van der Waals surface area (Å²) in [5.74, 6) is -0.387. The average Bonchev–Trinajstić information content (AvgIpc) is 3.26. The SMILES string of the molecule is COC(=O)c1ccc(N2CCCC2)c(NC(=O)N2CCCC(CNS(C)(=O)=O)C2)c1. The molecule has 9 nitrogen and oxygen atoms in total. The molecule has 2 heterocycles. The molecule has 2 amide bonds. The minimum Gasteiger partial charge on any atom is -0.465 e. The molecular weight excluding hydrogens is 408 g/mol. The number of nitrogens with one attached hydrogen (secondary N) is 2. The lowest BCUT2D eigenvalue weighted by Gasteiger charge is -2.33. The van der Waals surface area contributed by atoms with Crippen molar-refractivity contribution < 1.29 is 22.7 Å². The minimum atomic E-state index is -3.26. The van der Waals surface area contributed by atoms with Gasteiger partial charge in [0.2, 0.25) is 10.0 Å². The topological polar surface area (TPSA) is 108 Å². The van der Waals surface area contributed by atoms with Gasteiger partial charge in [0, 0.05) is 32.7 Å². The number of anilines is 2. The Morgan fingerprint density at radius 2 is 1.90 bits per heavy atom. The summed E-state index contributed by atoms with van der Waals surface area (Å²) in [6.45, 7) is 3.22. The van der Waals surface area contributed by atoms with Gasteiger partial charge in [-0.2, -0.15) is 0 Å². The minimum absolute atomic E-state index is 0.0682. The molecule has 0 saturated carbocycles. The number of amides is 2. The van der Waals surface area contributed by atoms with Gasteiger partial charge in [-0.25, -0.2) is 22.7 Å². The third kappa shape index (κ3) is 5.85. The van der Waals surface area contributed by atoms with Crippen molar-refractivity contribution in [3.05, 3.63) is 23.8 Å². The first-order valence-corrected chi connectivity index (χ1v) is 12.1. The van der Waals surface area contributed by atoms with Gasteiger partial charge in [-0.1, -0.05) is 0 Å². The molecule has 1 unspecified atom stereocenters. The third-order valence-electron chi connectivity index (χ3n) is 5.55. The Labute approximate surface area is 177 Å². The highest BCUT2D eigenvalue weighted by atomic mass is 32.2. The lowest BCUT2D eigenvalue weighted by molar-refractivity contribution is 0.0600. The van der Waals surface area contributed by atoms with E-state index in [1.165, 1.54) is 7.11 Å². The Bertz CT molecular complexity index is 883. The molecule has 2 aliphatic heterocycles. The second-order valence-corrected chi connectivity index (χ2v) is 9.76. The maximum absolute atomic E-state index is 13.0. The summed E-state index contributed by atoms with van der Waals surface area (Å²) in [6.07, 6.45) is 4.99. The molecule has 0 aliphatic carbocycles. The quantitative estimate of drug-likeness (QED) is 0.657. The van der Waals surface area contributed by atoms with Crippen molar-refractivity contribution in [2.45, 2.75) is 25.7 Å². The zero-order chi connectivity index (χ0) is 21.7. The first-order chi connectivity index (χ1) is 14.3. The van der Waals surface area contributed by atoms with Crippen LogP contribution in [-0.4, -0.2) is 71.4 Å². The number of hydrogen-bond donors (Lipinski definition) is 2. The van der Waals surface area contributed by atoms with E-state index in [2.05, 4.69) is 14.9 Å². The molecule has 10 heteroatoms. The number of likely N-dealkylation sites (tertiary alicyclic amines) is 1. The van der Waals surface area contributed by atoms with E-state index >= 15 is 0 Å². The number of urea groups is 1. The number of benzene rings is 1. The highest BCUT2D eigenvalue weighted by Crippen LogP contribution is 2.31. The Kier molecular flexibility index (Phi) is 7.19. The van der Waals surface area contributed by atoms with E-state index in [0.717, 1.165) is 50.7 Å². The number of esters is 1. The molecular formula is C20H30N4O5S. The molecule has 0 aromatic heterocycles. The Hall–Kier alpha value is -2.33. The number of rotatable bonds is 6. The Morgan fingerprint density at radius 3 is 2.57 bits per heavy atom. The van der Waals surface area contributed by atoms with Crippen molar-refractivity contribution in [3.63, 3.8) is 0 Å². The van der Waals surface area contributed by atoms with Crippen LogP contribution >= 0.6 is 0 Å². The van der Waals surface area contributed by atoms with Crippen LogP contribution in [0.2, 0.25) is 0 Å². The molecule has 2 aliphatic rings. The van der Waals surface area contributed by atoms with Crippen LogP contribution in [0.3, 0.4) is 0 Å². The Balaban J connectivity index is 1.73. The van der Waals surface area contributed by atoms with Crippen molar-refractivity contribution in [2.24, 2.45) is 5.92 Å². The highest BCUT2D eigenvalue weighted by molar-refractivity contribution is 7.88. The average molecular weight is 439 g/mol. The maximum atomic E-state index is 13.0. The van der Waals surface area contributed by atoms with E-state index < -0.39 is 16.0 Å². The standard InChI is InChI=1S/C20H30N4O5S/c1-29-19(25)16-7-8-18(23-9-3-4-10-23)17(12-16)22-20(26)24-11-5-6-15(14-24)13-21-30(2,27)28/h7-8,12,15,21H,3-6,9-11,13-14H2,1-2H3,(H,22,26). The number of hydrogen-bond acceptors (Lipinski definition) is 6. The fourth-order valence-corrected chi connectivity index (χ4v) is 4.53. The predicted octanol–water partition coefficient (Wildman–Crippen LogP) is 1.87. The molecule has 166 valence electrons. The van der Waals surface area contributed by atoms with Crippen molar-refractivity contribution in [1.82, 2.24) is 9.62 Å². The summed E-state index contributed by atoms with van der Waals surface area (Å²) in [7, 11) is -1.93. The van der Waals surface area contributed by atoms with Gasteiger partial charge < -0.3 is 19.9 Å². The Morgan fingerprint density at radius 1 is 1.17 bits per heavy atom. The molecule has 1 aromatic carbocycles. The summed E-state index contributed by atoms with van der Waals surface area (Å²) in [5, 5.41) is 2.97. The van der Waals surface area contributed by atoms with Crippen LogP contribution in [0.4, 0.5) is 16.2 Å². The first kappa shape index (κ1) is 22.4. The van der Waals surface area contributed by atoms with Gasteiger partial charge >= 0.3 is 12.0 Å². The van der Waals surface area contributed by atoms with E-state index in [0.29, 0.717) is 30.9 Å². The fraction of sp³-hybridized carbons (Fsp3) is 0.600. The van der Waals surface area contributed by atoms with Gasteiger partial charge in [0.25, 0.3) is 0 Å². The molecule has 0 radical (unpaired) electrons. The van der Waals surface area contributed by atoms with E-state index in [1.807, 2.05) is 6.07 Å². The first-order valence-electron chi connectivity index (χ1n) is 10.2. The molecule has 3 rings (SSSR count). The third-order valence-corrected chi connectivity index (χ3v) is 6.24. The second-order valence-electron chi connectivity index (χ2n) is 7.92. The predicted molar refractivity (Wildman–Crippen MR) is 115 cm³/mol. The summed E-state index contributed by atoms with van der Waals surface area (Å²) in [4.78, 5) is 28.8. The molecule has 1 atom stereocenters. The molecule has 2 fully saturated rings. The lowest BCUT2D eigenvalue weighted by Crippen LogP contribution is -2.45. The molecule has 1 aromatic rings. The van der Waals surface area contributed by atoms with Crippen LogP contribution < -0.4 is 14.9 Å². The van der Waals surface area contributed by atoms with E-state index in [1.54, 1.807) is 17.0 Å². The number of carbonyl (C=O) groups is 2. The van der Waals surface area contributed by atoms with Crippen molar-refractivity contribution >= 4 is 33.4 Å². The number of methoxy groups -OCH3 is 1. The van der Waals surface area contributed by atoms with Crippen LogP contribution in [0.5, 0.6) is 0 Å². The lowest BCUT2D eigenvalue weighted by atomic mass is 9.99. The van der Waals surface area contributed by atoms with Crippen LogP contribution in [-0.2, 0) is 14.8 Å². The molecule has 2 saturated heterocycles. The zero-order valence-electron chi connectivity index (χ0n) is 17.5. The number of ether oxygens (including phenoxy) is 1. The van der Waals surface area contributed by atoms with Crippen molar-refractivity contribution in [1.29, 1.82) is 0 Å². The second kappa shape index (κ2) is 9.65. The normalized spacial score (nSPS) is 19.6. The summed E-state index contributed by atoms with van der Waals surface area (Å²) >= 11 is 0.